The maximum Gasteiger partial charge on any atom is 0.306 e. The Labute approximate surface area is 347 Å². The van der Waals surface area contributed by atoms with E-state index in [1.807, 2.05) is 21.1 Å². The number of nitrogens with zero attached hydrogens (tertiary/aromatic N) is 1. The second kappa shape index (κ2) is 40.7. The van der Waals surface area contributed by atoms with Gasteiger partial charge in [0.1, 0.15) is 19.3 Å². The molecule has 0 saturated carbocycles. The molecular formula is C47H92NO7P. The maximum atomic E-state index is 12.7. The minimum atomic E-state index is -4.53. The van der Waals surface area contributed by atoms with Gasteiger partial charge in [-0.25, -0.2) is 0 Å². The van der Waals surface area contributed by atoms with Gasteiger partial charge in [0.15, 0.2) is 0 Å². The van der Waals surface area contributed by atoms with E-state index in [1.54, 1.807) is 0 Å². The summed E-state index contributed by atoms with van der Waals surface area (Å²) in [5.41, 5.74) is 0. The van der Waals surface area contributed by atoms with Crippen molar-refractivity contribution < 1.29 is 37.3 Å². The summed E-state index contributed by atoms with van der Waals surface area (Å²) in [4.78, 5) is 25.1. The summed E-state index contributed by atoms with van der Waals surface area (Å²) in [6.07, 6.45) is 46.2. The lowest BCUT2D eigenvalue weighted by Crippen LogP contribution is -2.37. The molecule has 2 unspecified atom stereocenters. The van der Waals surface area contributed by atoms with Crippen LogP contribution in [0.4, 0.5) is 0 Å². The topological polar surface area (TPSA) is 94.1 Å². The minimum Gasteiger partial charge on any atom is -0.756 e. The molecule has 2 atom stereocenters. The van der Waals surface area contributed by atoms with Gasteiger partial charge in [-0.05, 0) is 64.2 Å². The van der Waals surface area contributed by atoms with Crippen molar-refractivity contribution in [2.75, 3.05) is 54.1 Å². The Balaban J connectivity index is 4.19. The van der Waals surface area contributed by atoms with Crippen LogP contribution in [0.25, 0.3) is 0 Å². The van der Waals surface area contributed by atoms with Crippen molar-refractivity contribution in [2.45, 2.75) is 219 Å². The molecular weight excluding hydrogens is 721 g/mol. The molecule has 0 fully saturated rings. The van der Waals surface area contributed by atoms with Crippen LogP contribution in [0.3, 0.4) is 0 Å². The SMILES string of the molecule is CCCCCCCC/C=C\CCCCCCCC(=O)OC(COCCCCCCCCCC/C=C\CCCCCCCCC)COP(=O)([O-])OCC[N+](C)(C)C. The van der Waals surface area contributed by atoms with Gasteiger partial charge in [0.05, 0.1) is 34.4 Å². The average Bonchev–Trinajstić information content (AvgIpc) is 3.15. The van der Waals surface area contributed by atoms with E-state index in [2.05, 4.69) is 38.2 Å². The highest BCUT2D eigenvalue weighted by Crippen LogP contribution is 2.38. The van der Waals surface area contributed by atoms with E-state index in [1.165, 1.54) is 148 Å². The van der Waals surface area contributed by atoms with Gasteiger partial charge in [-0.3, -0.25) is 9.36 Å². The summed E-state index contributed by atoms with van der Waals surface area (Å²) in [6.45, 7) is 5.41. The standard InChI is InChI=1S/C47H92NO7P/c1-6-8-10-12-14-16-18-20-22-23-24-25-27-29-31-33-35-37-39-42-52-44-46(45-54-56(50,51)53-43-41-48(3,4)5)55-47(49)40-38-36-34-32-30-28-26-21-19-17-15-13-11-9-7-2/h21-23,26,46H,6-20,24-25,27-45H2,1-5H3/b23-22-,26-21-. The highest BCUT2D eigenvalue weighted by Gasteiger charge is 2.20. The fourth-order valence-corrected chi connectivity index (χ4v) is 7.26. The smallest absolute Gasteiger partial charge is 0.306 e. The third-order valence-corrected chi connectivity index (χ3v) is 11.2. The van der Waals surface area contributed by atoms with Gasteiger partial charge in [-0.1, -0.05) is 167 Å². The number of carbonyl (C=O) groups excluding carboxylic acids is 1. The lowest BCUT2D eigenvalue weighted by atomic mass is 10.1. The lowest BCUT2D eigenvalue weighted by Gasteiger charge is -2.28. The van der Waals surface area contributed by atoms with Gasteiger partial charge in [-0.2, -0.15) is 0 Å². The molecule has 56 heavy (non-hydrogen) atoms. The molecule has 0 aromatic heterocycles. The minimum absolute atomic E-state index is 0.0253. The first kappa shape index (κ1) is 55.0. The molecule has 0 aliphatic carbocycles. The Morgan fingerprint density at radius 1 is 0.536 bits per heavy atom. The largest absolute Gasteiger partial charge is 0.756 e. The van der Waals surface area contributed by atoms with Gasteiger partial charge in [0, 0.05) is 13.0 Å². The normalized spacial score (nSPS) is 13.9. The van der Waals surface area contributed by atoms with Crippen LogP contribution in [-0.2, 0) is 27.9 Å². The van der Waals surface area contributed by atoms with Crippen molar-refractivity contribution in [3.05, 3.63) is 24.3 Å². The number of hydrogen-bond acceptors (Lipinski definition) is 7. The van der Waals surface area contributed by atoms with Gasteiger partial charge >= 0.3 is 5.97 Å². The maximum absolute atomic E-state index is 12.7. The second-order valence-electron chi connectivity index (χ2n) is 17.1. The van der Waals surface area contributed by atoms with Crippen molar-refractivity contribution in [3.63, 3.8) is 0 Å². The molecule has 0 saturated heterocycles. The summed E-state index contributed by atoms with van der Waals surface area (Å²) in [7, 11) is 1.35. The van der Waals surface area contributed by atoms with Crippen LogP contribution < -0.4 is 4.89 Å². The molecule has 0 aromatic rings. The van der Waals surface area contributed by atoms with Crippen molar-refractivity contribution in [1.29, 1.82) is 0 Å². The number of quaternary nitrogens is 1. The second-order valence-corrected chi connectivity index (χ2v) is 18.5. The van der Waals surface area contributed by atoms with Crippen LogP contribution in [0.15, 0.2) is 24.3 Å². The molecule has 0 aliphatic heterocycles. The molecule has 0 rings (SSSR count). The Kier molecular flexibility index (Phi) is 40.0. The number of rotatable bonds is 44. The van der Waals surface area contributed by atoms with Crippen LogP contribution in [-0.4, -0.2) is 70.7 Å². The van der Waals surface area contributed by atoms with Gasteiger partial charge < -0.3 is 27.9 Å². The first-order valence-electron chi connectivity index (χ1n) is 23.6. The summed E-state index contributed by atoms with van der Waals surface area (Å²) in [5.74, 6) is -0.342. The predicted octanol–water partition coefficient (Wildman–Crippen LogP) is 13.4. The Morgan fingerprint density at radius 3 is 1.36 bits per heavy atom. The molecule has 9 heteroatoms. The van der Waals surface area contributed by atoms with E-state index >= 15 is 0 Å². The summed E-state index contributed by atoms with van der Waals surface area (Å²) >= 11 is 0. The quantitative estimate of drug-likeness (QED) is 0.0199. The average molecular weight is 814 g/mol. The van der Waals surface area contributed by atoms with E-state index in [0.717, 1.165) is 44.9 Å². The summed E-state index contributed by atoms with van der Waals surface area (Å²) in [6, 6.07) is 0. The Bertz CT molecular complexity index is 951. The van der Waals surface area contributed by atoms with Crippen molar-refractivity contribution >= 4 is 13.8 Å². The molecule has 0 heterocycles. The van der Waals surface area contributed by atoms with E-state index < -0.39 is 13.9 Å². The third-order valence-electron chi connectivity index (χ3n) is 10.2. The molecule has 0 amide bonds. The fraction of sp³-hybridized carbons (Fsp3) is 0.894. The van der Waals surface area contributed by atoms with E-state index in [-0.39, 0.29) is 25.8 Å². The number of phosphoric acid groups is 1. The third kappa shape index (κ3) is 44.1. The molecule has 0 aliphatic rings. The van der Waals surface area contributed by atoms with Crippen molar-refractivity contribution in [3.8, 4) is 0 Å². The zero-order valence-corrected chi connectivity index (χ0v) is 38.5. The summed E-state index contributed by atoms with van der Waals surface area (Å²) in [5, 5.41) is 0. The monoisotopic (exact) mass is 814 g/mol. The highest BCUT2D eigenvalue weighted by molar-refractivity contribution is 7.45. The number of unbranched alkanes of at least 4 members (excludes halogenated alkanes) is 26. The first-order chi connectivity index (χ1) is 27.1. The number of phosphoric ester groups is 1. The Hall–Kier alpha value is -1.02. The van der Waals surface area contributed by atoms with Crippen LogP contribution in [0.2, 0.25) is 0 Å². The zero-order chi connectivity index (χ0) is 41.3. The predicted molar refractivity (Wildman–Crippen MR) is 236 cm³/mol. The zero-order valence-electron chi connectivity index (χ0n) is 37.6. The number of likely N-dealkylation sites (N-methyl/N-ethyl adjacent to an activating group) is 1. The molecule has 0 spiro atoms. The van der Waals surface area contributed by atoms with Crippen LogP contribution >= 0.6 is 7.82 Å². The van der Waals surface area contributed by atoms with Gasteiger partial charge in [-0.15, -0.1) is 0 Å². The van der Waals surface area contributed by atoms with E-state index in [4.69, 9.17) is 18.5 Å². The van der Waals surface area contributed by atoms with Crippen LogP contribution in [0.1, 0.15) is 213 Å². The molecule has 0 radical (unpaired) electrons. The highest BCUT2D eigenvalue weighted by atomic mass is 31.2. The fourth-order valence-electron chi connectivity index (χ4n) is 6.54. The van der Waals surface area contributed by atoms with Gasteiger partial charge in [0.2, 0.25) is 0 Å². The van der Waals surface area contributed by atoms with Crippen molar-refractivity contribution in [1.82, 2.24) is 0 Å². The molecule has 8 nitrogen and oxygen atoms in total. The number of ether oxygens (including phenoxy) is 2. The van der Waals surface area contributed by atoms with E-state index in [0.29, 0.717) is 24.1 Å². The number of esters is 1. The lowest BCUT2D eigenvalue weighted by molar-refractivity contribution is -0.870. The molecule has 0 aromatic carbocycles. The Morgan fingerprint density at radius 2 is 0.929 bits per heavy atom. The number of carbonyl (C=O) groups is 1. The van der Waals surface area contributed by atoms with Crippen LogP contribution in [0, 0.1) is 0 Å². The summed E-state index contributed by atoms with van der Waals surface area (Å²) < 4.78 is 34.6. The molecule has 332 valence electrons. The van der Waals surface area contributed by atoms with Gasteiger partial charge in [0.25, 0.3) is 7.82 Å². The molecule has 0 N–H and O–H groups in total. The number of hydrogen-bond donors (Lipinski definition) is 0. The molecule has 0 bridgehead atoms. The number of allylic oxidation sites excluding steroid dienone is 4. The van der Waals surface area contributed by atoms with E-state index in [9.17, 15) is 14.3 Å². The first-order valence-corrected chi connectivity index (χ1v) is 25.0. The van der Waals surface area contributed by atoms with Crippen molar-refractivity contribution in [2.24, 2.45) is 0 Å². The van der Waals surface area contributed by atoms with Crippen LogP contribution in [0.5, 0.6) is 0 Å².